The van der Waals surface area contributed by atoms with Crippen molar-refractivity contribution >= 4 is 92.3 Å². The van der Waals surface area contributed by atoms with Gasteiger partial charge in [0.25, 0.3) is 0 Å². The van der Waals surface area contributed by atoms with Gasteiger partial charge in [-0.3, -0.25) is 0 Å². The molecule has 0 aliphatic carbocycles. The Bertz CT molecular complexity index is 3080. The molecule has 0 radical (unpaired) electrons. The molecule has 3 heterocycles. The van der Waals surface area contributed by atoms with Crippen molar-refractivity contribution in [1.82, 2.24) is 4.57 Å². The van der Waals surface area contributed by atoms with Gasteiger partial charge < -0.3 is 13.9 Å². The third-order valence-corrected chi connectivity index (χ3v) is 11.6. The van der Waals surface area contributed by atoms with E-state index in [1.807, 2.05) is 23.5 Å². The van der Waals surface area contributed by atoms with Gasteiger partial charge in [0.15, 0.2) is 0 Å². The molecule has 0 bridgehead atoms. The van der Waals surface area contributed by atoms with E-state index in [4.69, 9.17) is 4.42 Å². The third-order valence-electron chi connectivity index (χ3n) is 10.4. The fourth-order valence-electron chi connectivity index (χ4n) is 8.00. The molecule has 0 spiro atoms. The van der Waals surface area contributed by atoms with Gasteiger partial charge in [-0.15, -0.1) is 11.3 Å². The van der Waals surface area contributed by atoms with Crippen molar-refractivity contribution in [1.29, 1.82) is 0 Å². The number of hydrogen-bond donors (Lipinski definition) is 0. The summed E-state index contributed by atoms with van der Waals surface area (Å²) in [6, 6.07) is 65.6. The van der Waals surface area contributed by atoms with Crippen molar-refractivity contribution in [2.45, 2.75) is 0 Å². The monoisotopic (exact) mass is 682 g/mol. The molecule has 3 nitrogen and oxygen atoms in total. The van der Waals surface area contributed by atoms with Gasteiger partial charge in [0, 0.05) is 54.1 Å². The summed E-state index contributed by atoms with van der Waals surface area (Å²) in [7, 11) is 0. The Morgan fingerprint density at radius 3 is 1.79 bits per heavy atom. The van der Waals surface area contributed by atoms with E-state index in [0.717, 1.165) is 44.7 Å². The molecule has 0 saturated heterocycles. The molecule has 244 valence electrons. The minimum Gasteiger partial charge on any atom is -0.456 e. The van der Waals surface area contributed by atoms with E-state index in [9.17, 15) is 0 Å². The fraction of sp³-hybridized carbons (Fsp3) is 0. The third kappa shape index (κ3) is 4.45. The van der Waals surface area contributed by atoms with Gasteiger partial charge in [-0.1, -0.05) is 115 Å². The Morgan fingerprint density at radius 2 is 1.02 bits per heavy atom. The number of fused-ring (bicyclic) bond motifs is 9. The van der Waals surface area contributed by atoms with Crippen molar-refractivity contribution in [3.05, 3.63) is 182 Å². The molecule has 8 aromatic carbocycles. The van der Waals surface area contributed by atoms with Crippen molar-refractivity contribution < 1.29 is 4.42 Å². The zero-order valence-corrected chi connectivity index (χ0v) is 28.8. The van der Waals surface area contributed by atoms with Crippen LogP contribution in [0.3, 0.4) is 0 Å². The summed E-state index contributed by atoms with van der Waals surface area (Å²) >= 11 is 1.86. The molecule has 0 aliphatic rings. The largest absolute Gasteiger partial charge is 0.456 e. The molecule has 0 aliphatic heterocycles. The van der Waals surface area contributed by atoms with Crippen LogP contribution in [0, 0.1) is 0 Å². The molecule has 11 rings (SSSR count). The normalized spacial score (nSPS) is 11.8. The first-order valence-electron chi connectivity index (χ1n) is 17.6. The van der Waals surface area contributed by atoms with Crippen LogP contribution >= 0.6 is 11.3 Å². The van der Waals surface area contributed by atoms with E-state index in [2.05, 4.69) is 179 Å². The molecular weight excluding hydrogens is 653 g/mol. The van der Waals surface area contributed by atoms with Crippen molar-refractivity contribution in [3.8, 4) is 16.8 Å². The smallest absolute Gasteiger partial charge is 0.135 e. The average molecular weight is 683 g/mol. The van der Waals surface area contributed by atoms with Gasteiger partial charge in [-0.05, 0) is 77.9 Å². The van der Waals surface area contributed by atoms with Crippen LogP contribution in [0.2, 0.25) is 0 Å². The molecule has 3 aromatic heterocycles. The second-order valence-corrected chi connectivity index (χ2v) is 14.4. The maximum atomic E-state index is 6.30. The Hall–Kier alpha value is -6.62. The summed E-state index contributed by atoms with van der Waals surface area (Å²) < 4.78 is 11.3. The predicted octanol–water partition coefficient (Wildman–Crippen LogP) is 14.2. The average Bonchev–Trinajstić information content (AvgIpc) is 3.88. The van der Waals surface area contributed by atoms with E-state index < -0.39 is 0 Å². The first kappa shape index (κ1) is 29.1. The van der Waals surface area contributed by atoms with Gasteiger partial charge in [0.05, 0.1) is 21.4 Å². The number of aromatic nitrogens is 1. The number of nitrogens with zero attached hydrogens (tertiary/aromatic N) is 2. The topological polar surface area (TPSA) is 21.3 Å². The van der Waals surface area contributed by atoms with Crippen molar-refractivity contribution in [2.24, 2.45) is 0 Å². The SMILES string of the molecule is c1ccc(-c2ccc(N(c3ccc4oc5ccccc5c4c3)c3cc(-n4c5ccccc5c5ccccc54)cc4c3sc3ccccc34)cc2)cc1. The first-order chi connectivity index (χ1) is 25.8. The van der Waals surface area contributed by atoms with Crippen molar-refractivity contribution in [3.63, 3.8) is 0 Å². The maximum Gasteiger partial charge on any atom is 0.135 e. The summed E-state index contributed by atoms with van der Waals surface area (Å²) in [5, 5.41) is 7.23. The number of rotatable bonds is 5. The number of thiophene rings is 1. The number of hydrogen-bond acceptors (Lipinski definition) is 3. The fourth-order valence-corrected chi connectivity index (χ4v) is 9.19. The van der Waals surface area contributed by atoms with Crippen LogP contribution in [0.5, 0.6) is 0 Å². The lowest BCUT2D eigenvalue weighted by Gasteiger charge is -2.27. The van der Waals surface area contributed by atoms with E-state index in [-0.39, 0.29) is 0 Å². The van der Waals surface area contributed by atoms with E-state index >= 15 is 0 Å². The molecule has 52 heavy (non-hydrogen) atoms. The second kappa shape index (κ2) is 11.5. The summed E-state index contributed by atoms with van der Waals surface area (Å²) in [6.45, 7) is 0. The lowest BCUT2D eigenvalue weighted by atomic mass is 10.0. The molecule has 0 N–H and O–H groups in total. The van der Waals surface area contributed by atoms with E-state index in [1.165, 1.54) is 53.1 Å². The van der Waals surface area contributed by atoms with E-state index in [1.54, 1.807) is 0 Å². The lowest BCUT2D eigenvalue weighted by Crippen LogP contribution is -2.11. The van der Waals surface area contributed by atoms with Crippen LogP contribution in [0.1, 0.15) is 0 Å². The lowest BCUT2D eigenvalue weighted by molar-refractivity contribution is 0.669. The number of para-hydroxylation sites is 3. The molecular formula is C48H30N2OS. The minimum absolute atomic E-state index is 0.885. The summed E-state index contributed by atoms with van der Waals surface area (Å²) in [5.41, 5.74) is 11.0. The number of benzene rings is 8. The van der Waals surface area contributed by atoms with Crippen LogP contribution < -0.4 is 4.90 Å². The van der Waals surface area contributed by atoms with Crippen LogP contribution in [-0.4, -0.2) is 4.57 Å². The summed E-state index contributed by atoms with van der Waals surface area (Å²) in [6.07, 6.45) is 0. The molecule has 0 fully saturated rings. The zero-order valence-electron chi connectivity index (χ0n) is 28.0. The van der Waals surface area contributed by atoms with Gasteiger partial charge in [-0.2, -0.15) is 0 Å². The summed E-state index contributed by atoms with van der Waals surface area (Å²) in [5.74, 6) is 0. The van der Waals surface area contributed by atoms with Gasteiger partial charge in [-0.25, -0.2) is 0 Å². The highest BCUT2D eigenvalue weighted by Gasteiger charge is 2.22. The van der Waals surface area contributed by atoms with Crippen LogP contribution in [0.4, 0.5) is 17.1 Å². The first-order valence-corrected chi connectivity index (χ1v) is 18.4. The van der Waals surface area contributed by atoms with Crippen LogP contribution in [0.25, 0.3) is 80.7 Å². The van der Waals surface area contributed by atoms with Gasteiger partial charge >= 0.3 is 0 Å². The number of furan rings is 1. The highest BCUT2D eigenvalue weighted by molar-refractivity contribution is 7.26. The maximum absolute atomic E-state index is 6.30. The Kier molecular flexibility index (Phi) is 6.42. The van der Waals surface area contributed by atoms with E-state index in [0.29, 0.717) is 0 Å². The second-order valence-electron chi connectivity index (χ2n) is 13.3. The quantitative estimate of drug-likeness (QED) is 0.180. The summed E-state index contributed by atoms with van der Waals surface area (Å²) in [4.78, 5) is 2.44. The minimum atomic E-state index is 0.885. The highest BCUT2D eigenvalue weighted by Crippen LogP contribution is 2.48. The number of anilines is 3. The molecule has 4 heteroatoms. The van der Waals surface area contributed by atoms with Gasteiger partial charge in [0.2, 0.25) is 0 Å². The van der Waals surface area contributed by atoms with Gasteiger partial charge in [0.1, 0.15) is 11.2 Å². The Morgan fingerprint density at radius 1 is 0.423 bits per heavy atom. The Balaban J connectivity index is 1.23. The molecule has 11 aromatic rings. The van der Waals surface area contributed by atoms with Crippen LogP contribution in [0.15, 0.2) is 186 Å². The van der Waals surface area contributed by atoms with Crippen molar-refractivity contribution in [2.75, 3.05) is 4.90 Å². The zero-order chi connectivity index (χ0) is 34.2. The van der Waals surface area contributed by atoms with Crippen LogP contribution in [-0.2, 0) is 0 Å². The molecule has 0 atom stereocenters. The highest BCUT2D eigenvalue weighted by atomic mass is 32.1. The Labute approximate surface area is 303 Å². The predicted molar refractivity (Wildman–Crippen MR) is 221 cm³/mol. The molecule has 0 saturated carbocycles. The standard InChI is InChI=1S/C48H30N2OS/c1-2-12-31(13-3-1)32-22-24-33(25-23-32)49(34-26-27-46-40(28-34)38-16-6-10-20-45(38)51-46)44-30-35(29-41-39-17-7-11-21-47(39)52-48(41)44)50-42-18-8-4-14-36(42)37-15-5-9-19-43(37)50/h1-30H. The molecule has 0 unspecified atom stereocenters. The molecule has 0 amide bonds.